The monoisotopic (exact) mass is 287 g/mol. The summed E-state index contributed by atoms with van der Waals surface area (Å²) in [5, 5.41) is 7.84. The number of rotatable bonds is 6. The average molecular weight is 287 g/mol. The molecule has 0 radical (unpaired) electrons. The van der Waals surface area contributed by atoms with Crippen LogP contribution in [-0.2, 0) is 6.42 Å². The normalized spacial score (nSPS) is 12.9. The first kappa shape index (κ1) is 15.6. The molecule has 114 valence electrons. The quantitative estimate of drug-likeness (QED) is 0.887. The molecule has 2 aromatic heterocycles. The predicted molar refractivity (Wildman–Crippen MR) is 84.2 cm³/mol. The molecule has 21 heavy (non-hydrogen) atoms. The van der Waals surface area contributed by atoms with E-state index < -0.39 is 0 Å². The van der Waals surface area contributed by atoms with E-state index in [0.29, 0.717) is 6.04 Å². The molecule has 1 N–H and O–H groups in total. The molecular weight excluding hydrogens is 262 g/mol. The maximum Gasteiger partial charge on any atom is 0.138 e. The van der Waals surface area contributed by atoms with Gasteiger partial charge in [-0.15, -0.1) is 0 Å². The molecular formula is C16H25N5. The summed E-state index contributed by atoms with van der Waals surface area (Å²) in [5.74, 6) is 0.998. The highest BCUT2D eigenvalue weighted by Gasteiger charge is 2.19. The Morgan fingerprint density at radius 2 is 2.00 bits per heavy atom. The van der Waals surface area contributed by atoms with Gasteiger partial charge < -0.3 is 5.32 Å². The van der Waals surface area contributed by atoms with E-state index in [1.165, 1.54) is 11.1 Å². The van der Waals surface area contributed by atoms with Gasteiger partial charge in [0.2, 0.25) is 0 Å². The molecule has 5 nitrogen and oxygen atoms in total. The van der Waals surface area contributed by atoms with Crippen LogP contribution in [-0.4, -0.2) is 26.3 Å². The molecule has 0 amide bonds. The standard InChI is InChI=1S/C16H25N5/c1-6-17-14(16-13(5)7-12(4)9-18-16)8-15-19-10-20-21(15)11(2)3/h7,9-11,14,17H,6,8H2,1-5H3. The van der Waals surface area contributed by atoms with E-state index in [1.807, 2.05) is 10.9 Å². The van der Waals surface area contributed by atoms with Crippen LogP contribution in [0.15, 0.2) is 18.6 Å². The largest absolute Gasteiger partial charge is 0.309 e. The molecule has 2 aromatic rings. The third-order valence-corrected chi connectivity index (χ3v) is 3.56. The number of hydrogen-bond donors (Lipinski definition) is 1. The maximum absolute atomic E-state index is 4.63. The van der Waals surface area contributed by atoms with Crippen molar-refractivity contribution in [1.29, 1.82) is 0 Å². The van der Waals surface area contributed by atoms with Crippen molar-refractivity contribution in [2.45, 2.75) is 53.1 Å². The lowest BCUT2D eigenvalue weighted by atomic mass is 10.0. The summed E-state index contributed by atoms with van der Waals surface area (Å²) >= 11 is 0. The zero-order valence-corrected chi connectivity index (χ0v) is 13.6. The first-order valence-corrected chi connectivity index (χ1v) is 7.57. The fraction of sp³-hybridized carbons (Fsp3) is 0.562. The van der Waals surface area contributed by atoms with Crippen molar-refractivity contribution in [3.8, 4) is 0 Å². The van der Waals surface area contributed by atoms with Gasteiger partial charge in [-0.3, -0.25) is 4.98 Å². The number of nitrogens with one attached hydrogen (secondary N) is 1. The highest BCUT2D eigenvalue weighted by molar-refractivity contribution is 5.26. The molecule has 0 saturated carbocycles. The number of aryl methyl sites for hydroxylation is 2. The number of nitrogens with zero attached hydrogens (tertiary/aromatic N) is 4. The minimum atomic E-state index is 0.164. The molecule has 0 aliphatic carbocycles. The summed E-state index contributed by atoms with van der Waals surface area (Å²) in [6.07, 6.45) is 4.36. The van der Waals surface area contributed by atoms with Gasteiger partial charge in [0, 0.05) is 18.7 Å². The molecule has 0 aromatic carbocycles. The highest BCUT2D eigenvalue weighted by Crippen LogP contribution is 2.20. The molecule has 1 atom stereocenters. The van der Waals surface area contributed by atoms with Crippen molar-refractivity contribution < 1.29 is 0 Å². The van der Waals surface area contributed by atoms with Crippen molar-refractivity contribution in [1.82, 2.24) is 25.1 Å². The summed E-state index contributed by atoms with van der Waals surface area (Å²) in [7, 11) is 0. The third kappa shape index (κ3) is 3.67. The van der Waals surface area contributed by atoms with E-state index in [2.05, 4.69) is 61.1 Å². The highest BCUT2D eigenvalue weighted by atomic mass is 15.3. The molecule has 0 bridgehead atoms. The van der Waals surface area contributed by atoms with Crippen molar-refractivity contribution >= 4 is 0 Å². The Bertz CT molecular complexity index is 588. The zero-order chi connectivity index (χ0) is 15.4. The molecule has 0 spiro atoms. The van der Waals surface area contributed by atoms with E-state index >= 15 is 0 Å². The van der Waals surface area contributed by atoms with Crippen LogP contribution in [0.25, 0.3) is 0 Å². The van der Waals surface area contributed by atoms with E-state index in [9.17, 15) is 0 Å². The van der Waals surface area contributed by atoms with E-state index in [0.717, 1.165) is 24.5 Å². The van der Waals surface area contributed by atoms with Crippen LogP contribution >= 0.6 is 0 Å². The fourth-order valence-corrected chi connectivity index (χ4v) is 2.64. The van der Waals surface area contributed by atoms with Gasteiger partial charge in [0.05, 0.1) is 11.7 Å². The Hall–Kier alpha value is -1.75. The summed E-state index contributed by atoms with van der Waals surface area (Å²) in [5.41, 5.74) is 3.51. The topological polar surface area (TPSA) is 55.6 Å². The summed E-state index contributed by atoms with van der Waals surface area (Å²) < 4.78 is 1.98. The minimum absolute atomic E-state index is 0.164. The molecule has 2 rings (SSSR count). The maximum atomic E-state index is 4.63. The van der Waals surface area contributed by atoms with Gasteiger partial charge in [0.1, 0.15) is 12.2 Å². The van der Waals surface area contributed by atoms with Gasteiger partial charge in [-0.2, -0.15) is 5.10 Å². The van der Waals surface area contributed by atoms with Crippen molar-refractivity contribution in [3.63, 3.8) is 0 Å². The fourth-order valence-electron chi connectivity index (χ4n) is 2.64. The SMILES string of the molecule is CCNC(Cc1ncnn1C(C)C)c1ncc(C)cc1C. The number of aromatic nitrogens is 4. The van der Waals surface area contributed by atoms with E-state index in [4.69, 9.17) is 0 Å². The predicted octanol–water partition coefficient (Wildman–Crippen LogP) is 2.76. The lowest BCUT2D eigenvalue weighted by Crippen LogP contribution is -2.26. The molecule has 5 heteroatoms. The zero-order valence-electron chi connectivity index (χ0n) is 13.6. The Balaban J connectivity index is 2.28. The van der Waals surface area contributed by atoms with Gasteiger partial charge >= 0.3 is 0 Å². The second kappa shape index (κ2) is 6.80. The lowest BCUT2D eigenvalue weighted by Gasteiger charge is -2.20. The van der Waals surface area contributed by atoms with Crippen LogP contribution in [0, 0.1) is 13.8 Å². The minimum Gasteiger partial charge on any atom is -0.309 e. The molecule has 1 unspecified atom stereocenters. The smallest absolute Gasteiger partial charge is 0.138 e. The Kier molecular flexibility index (Phi) is 5.07. The first-order chi connectivity index (χ1) is 10.0. The molecule has 0 aliphatic rings. The van der Waals surface area contributed by atoms with Crippen molar-refractivity contribution in [2.75, 3.05) is 6.54 Å². The average Bonchev–Trinajstić information content (AvgIpc) is 2.86. The van der Waals surface area contributed by atoms with Gasteiger partial charge in [-0.25, -0.2) is 9.67 Å². The Labute approximate surface area is 126 Å². The number of hydrogen-bond acceptors (Lipinski definition) is 4. The van der Waals surface area contributed by atoms with Crippen LogP contribution in [0.5, 0.6) is 0 Å². The van der Waals surface area contributed by atoms with Gasteiger partial charge in [-0.1, -0.05) is 13.0 Å². The van der Waals surface area contributed by atoms with E-state index in [-0.39, 0.29) is 6.04 Å². The Morgan fingerprint density at radius 3 is 2.62 bits per heavy atom. The lowest BCUT2D eigenvalue weighted by molar-refractivity contribution is 0.463. The van der Waals surface area contributed by atoms with Crippen LogP contribution < -0.4 is 5.32 Å². The number of pyridine rings is 1. The number of likely N-dealkylation sites (N-methyl/N-ethyl adjacent to an activating group) is 1. The summed E-state index contributed by atoms with van der Waals surface area (Å²) in [6, 6.07) is 2.66. The van der Waals surface area contributed by atoms with Gasteiger partial charge in [0.15, 0.2) is 0 Å². The van der Waals surface area contributed by atoms with Crippen LogP contribution in [0.3, 0.4) is 0 Å². The first-order valence-electron chi connectivity index (χ1n) is 7.57. The van der Waals surface area contributed by atoms with Crippen LogP contribution in [0.1, 0.15) is 55.5 Å². The van der Waals surface area contributed by atoms with Crippen LogP contribution in [0.4, 0.5) is 0 Å². The van der Waals surface area contributed by atoms with Gasteiger partial charge in [-0.05, 0) is 45.4 Å². The molecule has 2 heterocycles. The van der Waals surface area contributed by atoms with Crippen molar-refractivity contribution in [2.24, 2.45) is 0 Å². The Morgan fingerprint density at radius 1 is 1.24 bits per heavy atom. The van der Waals surface area contributed by atoms with Gasteiger partial charge in [0.25, 0.3) is 0 Å². The third-order valence-electron chi connectivity index (χ3n) is 3.56. The second-order valence-corrected chi connectivity index (χ2v) is 5.74. The molecule has 0 fully saturated rings. The molecule has 0 aliphatic heterocycles. The summed E-state index contributed by atoms with van der Waals surface area (Å²) in [6.45, 7) is 11.4. The molecule has 0 saturated heterocycles. The second-order valence-electron chi connectivity index (χ2n) is 5.74. The van der Waals surface area contributed by atoms with Crippen molar-refractivity contribution in [3.05, 3.63) is 41.2 Å². The summed E-state index contributed by atoms with van der Waals surface area (Å²) in [4.78, 5) is 9.05. The van der Waals surface area contributed by atoms with Crippen LogP contribution in [0.2, 0.25) is 0 Å². The van der Waals surface area contributed by atoms with E-state index in [1.54, 1.807) is 6.33 Å².